The molecule has 0 spiro atoms. The molecule has 1 aromatic carbocycles. The Morgan fingerprint density at radius 1 is 0.941 bits per heavy atom. The second-order valence-electron chi connectivity index (χ2n) is 3.11. The molecule has 0 heterocycles. The zero-order valence-corrected chi connectivity index (χ0v) is 9.36. The minimum Gasteiger partial charge on any atom is -0.206 e. The predicted molar refractivity (Wildman–Crippen MR) is 60.8 cm³/mol. The number of benzene rings is 1. The van der Waals surface area contributed by atoms with Gasteiger partial charge in [-0.1, -0.05) is 12.1 Å². The molecule has 0 saturated heterocycles. The molecule has 0 fully saturated rings. The van der Waals surface area contributed by atoms with Crippen LogP contribution in [-0.4, -0.2) is 0 Å². The van der Waals surface area contributed by atoms with Crippen molar-refractivity contribution >= 4 is 0 Å². The molecule has 1 aromatic rings. The molecule has 86 valence electrons. The van der Waals surface area contributed by atoms with Gasteiger partial charge in [0.15, 0.2) is 0 Å². The lowest BCUT2D eigenvalue weighted by molar-refractivity contribution is 0.624. The summed E-state index contributed by atoms with van der Waals surface area (Å²) in [6.07, 6.45) is 2.90. The van der Waals surface area contributed by atoms with Crippen molar-refractivity contribution in [2.24, 2.45) is 0 Å². The fourth-order valence-corrected chi connectivity index (χ4v) is 0.960. The van der Waals surface area contributed by atoms with Crippen LogP contribution in [0.4, 0.5) is 4.39 Å². The van der Waals surface area contributed by atoms with E-state index in [2.05, 4.69) is 0 Å². The first-order valence-corrected chi connectivity index (χ1v) is 5.14. The third-order valence-electron chi connectivity index (χ3n) is 1.82. The number of hydrogen-bond donors (Lipinski definition) is 0. The van der Waals surface area contributed by atoms with E-state index in [0.29, 0.717) is 12.8 Å². The average molecular weight is 229 g/mol. The maximum atomic E-state index is 12.4. The van der Waals surface area contributed by atoms with Gasteiger partial charge >= 0.3 is 0 Å². The molecule has 0 bridgehead atoms. The van der Waals surface area contributed by atoms with E-state index in [0.717, 1.165) is 12.8 Å². The Kier molecular flexibility index (Phi) is 8.73. The summed E-state index contributed by atoms with van der Waals surface area (Å²) in [4.78, 5) is 0. The molecular formula is C13H12FN3. The summed E-state index contributed by atoms with van der Waals surface area (Å²) < 4.78 is 12.4. The van der Waals surface area contributed by atoms with Crippen molar-refractivity contribution in [2.45, 2.75) is 25.7 Å². The van der Waals surface area contributed by atoms with Gasteiger partial charge in [-0.2, -0.15) is 15.8 Å². The molecule has 0 N–H and O–H groups in total. The molecule has 17 heavy (non-hydrogen) atoms. The van der Waals surface area contributed by atoms with E-state index in [4.69, 9.17) is 15.8 Å². The van der Waals surface area contributed by atoms with Crippen molar-refractivity contribution in [1.29, 1.82) is 15.8 Å². The largest absolute Gasteiger partial charge is 0.206 e. The van der Waals surface area contributed by atoms with E-state index in [-0.39, 0.29) is 5.56 Å². The predicted octanol–water partition coefficient (Wildman–Crippen LogP) is 3.29. The van der Waals surface area contributed by atoms with Crippen molar-refractivity contribution < 1.29 is 4.39 Å². The molecule has 0 aromatic heterocycles. The summed E-state index contributed by atoms with van der Waals surface area (Å²) in [5, 5.41) is 24.3. The van der Waals surface area contributed by atoms with Crippen LogP contribution in [0.2, 0.25) is 0 Å². The standard InChI is InChI=1S/C7H4FN.C6H8N2/c8-7-4-2-1-3-6(7)5-9;7-5-3-1-2-4-6-8/h1-4H;1-4H2. The molecule has 0 aliphatic rings. The van der Waals surface area contributed by atoms with Crippen LogP contribution in [0.1, 0.15) is 31.2 Å². The Labute approximate surface area is 100 Å². The van der Waals surface area contributed by atoms with E-state index in [1.165, 1.54) is 12.1 Å². The van der Waals surface area contributed by atoms with Crippen LogP contribution >= 0.6 is 0 Å². The van der Waals surface area contributed by atoms with Gasteiger partial charge < -0.3 is 0 Å². The van der Waals surface area contributed by atoms with Crippen molar-refractivity contribution in [3.8, 4) is 18.2 Å². The monoisotopic (exact) mass is 229 g/mol. The van der Waals surface area contributed by atoms with Crippen molar-refractivity contribution in [3.63, 3.8) is 0 Å². The molecule has 0 amide bonds. The zero-order chi connectivity index (χ0) is 12.9. The van der Waals surface area contributed by atoms with Gasteiger partial charge in [-0.25, -0.2) is 4.39 Å². The molecule has 0 saturated carbocycles. The number of hydrogen-bond acceptors (Lipinski definition) is 3. The number of rotatable bonds is 3. The van der Waals surface area contributed by atoms with Crippen LogP contribution < -0.4 is 0 Å². The van der Waals surface area contributed by atoms with Gasteiger partial charge in [0.1, 0.15) is 11.9 Å². The fraction of sp³-hybridized carbons (Fsp3) is 0.308. The van der Waals surface area contributed by atoms with Crippen LogP contribution in [0, 0.1) is 39.8 Å². The summed E-state index contributed by atoms with van der Waals surface area (Å²) >= 11 is 0. The van der Waals surface area contributed by atoms with Gasteiger partial charge in [-0.15, -0.1) is 0 Å². The molecule has 4 heteroatoms. The lowest BCUT2D eigenvalue weighted by Gasteiger charge is -1.86. The summed E-state index contributed by atoms with van der Waals surface area (Å²) in [6.45, 7) is 0. The molecule has 0 atom stereocenters. The van der Waals surface area contributed by atoms with Gasteiger partial charge in [-0.3, -0.25) is 0 Å². The van der Waals surface area contributed by atoms with Gasteiger partial charge in [0.25, 0.3) is 0 Å². The SMILES string of the molecule is N#CCCCCC#N.N#Cc1ccccc1F. The quantitative estimate of drug-likeness (QED) is 0.746. The number of nitrogens with zero attached hydrogens (tertiary/aromatic N) is 3. The lowest BCUT2D eigenvalue weighted by Crippen LogP contribution is -1.78. The van der Waals surface area contributed by atoms with Crippen molar-refractivity contribution in [1.82, 2.24) is 0 Å². The summed E-state index contributed by atoms with van der Waals surface area (Å²) in [6, 6.07) is 11.6. The first kappa shape index (κ1) is 14.6. The molecular weight excluding hydrogens is 217 g/mol. The van der Waals surface area contributed by atoms with Crippen molar-refractivity contribution in [3.05, 3.63) is 35.6 Å². The third kappa shape index (κ3) is 7.54. The minimum atomic E-state index is -0.458. The van der Waals surface area contributed by atoms with Crippen LogP contribution in [0.5, 0.6) is 0 Å². The molecule has 1 rings (SSSR count). The first-order valence-electron chi connectivity index (χ1n) is 5.14. The van der Waals surface area contributed by atoms with Gasteiger partial charge in [0, 0.05) is 12.8 Å². The highest BCUT2D eigenvalue weighted by Gasteiger charge is 1.94. The zero-order valence-electron chi connectivity index (χ0n) is 9.36. The number of unbranched alkanes of at least 4 members (excludes halogenated alkanes) is 3. The van der Waals surface area contributed by atoms with E-state index in [1.807, 2.05) is 12.1 Å². The maximum Gasteiger partial charge on any atom is 0.140 e. The van der Waals surface area contributed by atoms with E-state index < -0.39 is 5.82 Å². The van der Waals surface area contributed by atoms with E-state index in [9.17, 15) is 4.39 Å². The molecule has 3 nitrogen and oxygen atoms in total. The topological polar surface area (TPSA) is 71.4 Å². The van der Waals surface area contributed by atoms with Gasteiger partial charge in [0.2, 0.25) is 0 Å². The Morgan fingerprint density at radius 3 is 1.82 bits per heavy atom. The van der Waals surface area contributed by atoms with E-state index >= 15 is 0 Å². The number of halogens is 1. The first-order chi connectivity index (χ1) is 8.26. The Morgan fingerprint density at radius 2 is 1.47 bits per heavy atom. The fourth-order valence-electron chi connectivity index (χ4n) is 0.960. The lowest BCUT2D eigenvalue weighted by atomic mass is 10.2. The highest BCUT2D eigenvalue weighted by molar-refractivity contribution is 5.29. The van der Waals surface area contributed by atoms with Crippen LogP contribution in [0.3, 0.4) is 0 Å². The highest BCUT2D eigenvalue weighted by atomic mass is 19.1. The Balaban J connectivity index is 0.000000304. The average Bonchev–Trinajstić information content (AvgIpc) is 2.36. The molecule has 0 aliphatic heterocycles. The smallest absolute Gasteiger partial charge is 0.140 e. The summed E-state index contributed by atoms with van der Waals surface area (Å²) in [5.74, 6) is -0.458. The number of nitriles is 3. The summed E-state index contributed by atoms with van der Waals surface area (Å²) in [5.41, 5.74) is 0.0949. The molecule has 0 radical (unpaired) electrons. The second-order valence-corrected chi connectivity index (χ2v) is 3.11. The maximum absolute atomic E-state index is 12.4. The molecule has 0 aliphatic carbocycles. The summed E-state index contributed by atoms with van der Waals surface area (Å²) in [7, 11) is 0. The van der Waals surface area contributed by atoms with Crippen LogP contribution in [-0.2, 0) is 0 Å². The van der Waals surface area contributed by atoms with E-state index in [1.54, 1.807) is 18.2 Å². The normalized spacial score (nSPS) is 7.88. The van der Waals surface area contributed by atoms with Gasteiger partial charge in [-0.05, 0) is 25.0 Å². The van der Waals surface area contributed by atoms with Crippen molar-refractivity contribution in [2.75, 3.05) is 0 Å². The molecule has 0 unspecified atom stereocenters. The second kappa shape index (κ2) is 10.1. The third-order valence-corrected chi connectivity index (χ3v) is 1.82. The Hall–Kier alpha value is -2.38. The van der Waals surface area contributed by atoms with Crippen LogP contribution in [0.25, 0.3) is 0 Å². The minimum absolute atomic E-state index is 0.0949. The Bertz CT molecular complexity index is 433. The highest BCUT2D eigenvalue weighted by Crippen LogP contribution is 2.02. The van der Waals surface area contributed by atoms with Gasteiger partial charge in [0.05, 0.1) is 17.7 Å². The van der Waals surface area contributed by atoms with Crippen LogP contribution in [0.15, 0.2) is 24.3 Å².